The van der Waals surface area contributed by atoms with Crippen molar-refractivity contribution in [2.45, 2.75) is 37.1 Å². The first-order chi connectivity index (χ1) is 16.2. The molecule has 34 heavy (non-hydrogen) atoms. The highest BCUT2D eigenvalue weighted by Crippen LogP contribution is 2.26. The summed E-state index contributed by atoms with van der Waals surface area (Å²) in [4.78, 5) is 24.8. The minimum absolute atomic E-state index is 0.0339. The van der Waals surface area contributed by atoms with Crippen molar-refractivity contribution >= 4 is 44.8 Å². The number of benzene rings is 3. The molecular weight excluding hydrogens is 474 g/mol. The highest BCUT2D eigenvalue weighted by molar-refractivity contribution is 7.89. The number of fused-ring (bicyclic) bond motifs is 1. The van der Waals surface area contributed by atoms with Crippen LogP contribution in [0.4, 0.5) is 11.4 Å². The van der Waals surface area contributed by atoms with Gasteiger partial charge in [-0.3, -0.25) is 9.59 Å². The lowest BCUT2D eigenvalue weighted by molar-refractivity contribution is -0.118. The smallest absolute Gasteiger partial charge is 0.242 e. The fourth-order valence-corrected chi connectivity index (χ4v) is 5.15. The molecule has 1 heterocycles. The summed E-state index contributed by atoms with van der Waals surface area (Å²) >= 11 is 6.17. The van der Waals surface area contributed by atoms with Crippen LogP contribution in [0.5, 0.6) is 0 Å². The van der Waals surface area contributed by atoms with Gasteiger partial charge in [-0.25, -0.2) is 8.42 Å². The van der Waals surface area contributed by atoms with Gasteiger partial charge < -0.3 is 10.6 Å². The van der Waals surface area contributed by atoms with E-state index in [9.17, 15) is 18.0 Å². The fourth-order valence-electron chi connectivity index (χ4n) is 3.72. The van der Waals surface area contributed by atoms with E-state index in [2.05, 4.69) is 15.4 Å². The van der Waals surface area contributed by atoms with E-state index in [-0.39, 0.29) is 17.2 Å². The Morgan fingerprint density at radius 3 is 2.56 bits per heavy atom. The lowest BCUT2D eigenvalue weighted by atomic mass is 10.0. The number of hydrogen-bond donors (Lipinski definition) is 3. The maximum Gasteiger partial charge on any atom is 0.242 e. The molecule has 0 aromatic heterocycles. The Morgan fingerprint density at radius 2 is 1.82 bits per heavy atom. The number of nitrogens with one attached hydrogen (secondary N) is 3. The Morgan fingerprint density at radius 1 is 1.06 bits per heavy atom. The molecule has 1 aliphatic rings. The summed E-state index contributed by atoms with van der Waals surface area (Å²) in [5.74, 6) is -0.602. The number of halogens is 1. The fraction of sp³-hybridized carbons (Fsp3) is 0.200. The van der Waals surface area contributed by atoms with E-state index >= 15 is 0 Å². The van der Waals surface area contributed by atoms with Crippen molar-refractivity contribution in [1.82, 2.24) is 4.72 Å². The standard InChI is InChI=1S/C25H24ClN3O4S/c1-16-7-9-19(15-21(16)26)27-25(31)23(13-17-5-3-2-4-6-17)29-34(32,33)20-10-11-22-18(14-20)8-12-24(30)28-22/h2-7,9-11,14-15,23,29H,8,12-13H2,1H3,(H,27,31)(H,28,30)/t23-/m0/s1. The zero-order valence-corrected chi connectivity index (χ0v) is 20.0. The SMILES string of the molecule is Cc1ccc(NC(=O)[C@H](Cc2ccccc2)NS(=O)(=O)c2ccc3c(c2)CCC(=O)N3)cc1Cl. The Kier molecular flexibility index (Phi) is 7.02. The van der Waals surface area contributed by atoms with Gasteiger partial charge in [0, 0.05) is 22.8 Å². The summed E-state index contributed by atoms with van der Waals surface area (Å²) in [7, 11) is -4.03. The van der Waals surface area contributed by atoms with Gasteiger partial charge in [0.25, 0.3) is 0 Å². The average molecular weight is 498 g/mol. The predicted octanol–water partition coefficient (Wildman–Crippen LogP) is 4.06. The molecule has 4 rings (SSSR count). The maximum atomic E-state index is 13.2. The first kappa shape index (κ1) is 23.9. The van der Waals surface area contributed by atoms with Crippen LogP contribution in [0.25, 0.3) is 0 Å². The van der Waals surface area contributed by atoms with Crippen molar-refractivity contribution in [2.24, 2.45) is 0 Å². The zero-order valence-electron chi connectivity index (χ0n) is 18.5. The number of aryl methyl sites for hydroxylation is 2. The molecule has 0 bridgehead atoms. The van der Waals surface area contributed by atoms with Gasteiger partial charge in [-0.2, -0.15) is 4.72 Å². The second kappa shape index (κ2) is 9.97. The van der Waals surface area contributed by atoms with Crippen molar-refractivity contribution in [2.75, 3.05) is 10.6 Å². The molecule has 0 saturated heterocycles. The lowest BCUT2D eigenvalue weighted by Crippen LogP contribution is -2.45. The Balaban J connectivity index is 1.60. The number of carbonyl (C=O) groups excluding carboxylic acids is 2. The summed E-state index contributed by atoms with van der Waals surface area (Å²) in [5.41, 5.74) is 3.48. The molecule has 1 atom stereocenters. The molecule has 0 spiro atoms. The molecule has 0 radical (unpaired) electrons. The van der Waals surface area contributed by atoms with E-state index in [1.54, 1.807) is 24.3 Å². The molecule has 0 fully saturated rings. The van der Waals surface area contributed by atoms with Crippen molar-refractivity contribution in [3.05, 3.63) is 88.4 Å². The van der Waals surface area contributed by atoms with Crippen molar-refractivity contribution < 1.29 is 18.0 Å². The minimum Gasteiger partial charge on any atom is -0.326 e. The molecule has 176 valence electrons. The molecule has 1 aliphatic heterocycles. The van der Waals surface area contributed by atoms with Gasteiger partial charge >= 0.3 is 0 Å². The predicted molar refractivity (Wildman–Crippen MR) is 132 cm³/mol. The number of carbonyl (C=O) groups is 2. The third-order valence-corrected chi connectivity index (χ3v) is 7.49. The van der Waals surface area contributed by atoms with Crippen LogP contribution in [-0.4, -0.2) is 26.3 Å². The number of rotatable bonds is 7. The van der Waals surface area contributed by atoms with Crippen molar-refractivity contribution in [1.29, 1.82) is 0 Å². The second-order valence-corrected chi connectivity index (χ2v) is 10.3. The van der Waals surface area contributed by atoms with E-state index in [1.165, 1.54) is 12.1 Å². The first-order valence-corrected chi connectivity index (χ1v) is 12.6. The molecule has 0 unspecified atom stereocenters. The van der Waals surface area contributed by atoms with Gasteiger partial charge in [0.2, 0.25) is 21.8 Å². The van der Waals surface area contributed by atoms with E-state index < -0.39 is 22.0 Å². The van der Waals surface area contributed by atoms with E-state index in [0.29, 0.717) is 29.2 Å². The van der Waals surface area contributed by atoms with Gasteiger partial charge in [0.05, 0.1) is 4.90 Å². The van der Waals surface area contributed by atoms with Gasteiger partial charge in [-0.05, 0) is 66.8 Å². The average Bonchev–Trinajstić information content (AvgIpc) is 2.81. The van der Waals surface area contributed by atoms with Crippen LogP contribution in [0.15, 0.2) is 71.6 Å². The monoisotopic (exact) mass is 497 g/mol. The lowest BCUT2D eigenvalue weighted by Gasteiger charge is -2.21. The number of amides is 2. The molecule has 3 N–H and O–H groups in total. The molecule has 3 aromatic carbocycles. The van der Waals surface area contributed by atoms with Crippen LogP contribution in [-0.2, 0) is 32.5 Å². The Hall–Kier alpha value is -3.20. The molecule has 3 aromatic rings. The van der Waals surface area contributed by atoms with Crippen LogP contribution in [0.3, 0.4) is 0 Å². The van der Waals surface area contributed by atoms with Crippen LogP contribution in [0.1, 0.15) is 23.1 Å². The maximum absolute atomic E-state index is 13.2. The molecule has 9 heteroatoms. The number of hydrogen-bond acceptors (Lipinski definition) is 4. The van der Waals surface area contributed by atoms with Gasteiger partial charge in [0.15, 0.2) is 0 Å². The molecule has 0 saturated carbocycles. The number of sulfonamides is 1. The van der Waals surface area contributed by atoms with Crippen molar-refractivity contribution in [3.8, 4) is 0 Å². The molecule has 0 aliphatic carbocycles. The highest BCUT2D eigenvalue weighted by Gasteiger charge is 2.27. The van der Waals surface area contributed by atoms with Gasteiger partial charge in [0.1, 0.15) is 6.04 Å². The summed E-state index contributed by atoms with van der Waals surface area (Å²) in [6, 6.07) is 17.8. The Labute approximate surface area is 203 Å². The highest BCUT2D eigenvalue weighted by atomic mass is 35.5. The normalized spacial score (nSPS) is 14.1. The summed E-state index contributed by atoms with van der Waals surface area (Å²) in [6.45, 7) is 1.85. The third-order valence-electron chi connectivity index (χ3n) is 5.62. The van der Waals surface area contributed by atoms with E-state index in [4.69, 9.17) is 11.6 Å². The van der Waals surface area contributed by atoms with Crippen LogP contribution < -0.4 is 15.4 Å². The van der Waals surface area contributed by atoms with E-state index in [1.807, 2.05) is 37.3 Å². The van der Waals surface area contributed by atoms with Crippen LogP contribution >= 0.6 is 11.6 Å². The van der Waals surface area contributed by atoms with Crippen molar-refractivity contribution in [3.63, 3.8) is 0 Å². The quantitative estimate of drug-likeness (QED) is 0.457. The third kappa shape index (κ3) is 5.64. The van der Waals surface area contributed by atoms with E-state index in [0.717, 1.165) is 16.7 Å². The molecular formula is C25H24ClN3O4S. The second-order valence-electron chi connectivity index (χ2n) is 8.18. The van der Waals surface area contributed by atoms with Gasteiger partial charge in [-0.1, -0.05) is 48.0 Å². The minimum atomic E-state index is -4.03. The zero-order chi connectivity index (χ0) is 24.3. The summed E-state index contributed by atoms with van der Waals surface area (Å²) < 4.78 is 29.0. The summed E-state index contributed by atoms with van der Waals surface area (Å²) in [5, 5.41) is 6.00. The van der Waals surface area contributed by atoms with Gasteiger partial charge in [-0.15, -0.1) is 0 Å². The Bertz CT molecular complexity index is 1340. The van der Waals surface area contributed by atoms with Crippen LogP contribution in [0.2, 0.25) is 5.02 Å². The summed E-state index contributed by atoms with van der Waals surface area (Å²) in [6.07, 6.45) is 0.904. The molecule has 7 nitrogen and oxygen atoms in total. The van der Waals surface area contributed by atoms with Crippen LogP contribution in [0, 0.1) is 6.92 Å². The molecule has 2 amide bonds. The first-order valence-electron chi connectivity index (χ1n) is 10.8. The number of anilines is 2. The largest absolute Gasteiger partial charge is 0.326 e. The topological polar surface area (TPSA) is 104 Å².